The first-order valence-electron chi connectivity index (χ1n) is 8.52. The van der Waals surface area contributed by atoms with Crippen molar-refractivity contribution in [1.82, 2.24) is 4.98 Å². The highest BCUT2D eigenvalue weighted by Crippen LogP contribution is 2.27. The molecular weight excluding hydrogens is 326 g/mol. The van der Waals surface area contributed by atoms with Gasteiger partial charge in [0.25, 0.3) is 0 Å². The van der Waals surface area contributed by atoms with Gasteiger partial charge in [0.05, 0.1) is 18.5 Å². The summed E-state index contributed by atoms with van der Waals surface area (Å²) in [5, 5.41) is 2.61. The largest absolute Gasteiger partial charge is 0.450 e. The molecule has 3 rings (SSSR count). The summed E-state index contributed by atoms with van der Waals surface area (Å²) in [4.78, 5) is 18.0. The number of amides is 1. The van der Waals surface area contributed by atoms with E-state index in [9.17, 15) is 4.79 Å². The van der Waals surface area contributed by atoms with Gasteiger partial charge in [0, 0.05) is 12.2 Å². The molecule has 132 valence electrons. The van der Waals surface area contributed by atoms with Crippen molar-refractivity contribution in [2.24, 2.45) is 0 Å². The Morgan fingerprint density at radius 2 is 1.65 bits per heavy atom. The zero-order valence-electron chi connectivity index (χ0n) is 14.6. The highest BCUT2D eigenvalue weighted by molar-refractivity contribution is 5.83. The standard InChI is InChI=1S/C21H21N3O2/c1-2-26-21(25)23-20-14-13-19(15-22-20)24(18-11-7-4-8-12-18)16-17-9-5-3-6-10-17/h3-15H,2,16H2,1H3,(H,22,23,25). The quantitative estimate of drug-likeness (QED) is 0.682. The first-order valence-corrected chi connectivity index (χ1v) is 8.52. The van der Waals surface area contributed by atoms with Crippen molar-refractivity contribution >= 4 is 23.3 Å². The molecule has 2 aromatic carbocycles. The van der Waals surface area contributed by atoms with E-state index in [2.05, 4.69) is 39.5 Å². The third-order valence-electron chi connectivity index (χ3n) is 3.82. The minimum absolute atomic E-state index is 0.322. The van der Waals surface area contributed by atoms with Gasteiger partial charge >= 0.3 is 6.09 Å². The van der Waals surface area contributed by atoms with E-state index in [0.717, 1.165) is 17.9 Å². The average Bonchev–Trinajstić information content (AvgIpc) is 2.69. The summed E-state index contributed by atoms with van der Waals surface area (Å²) in [5.74, 6) is 0.458. The molecule has 0 aliphatic heterocycles. The van der Waals surface area contributed by atoms with Crippen LogP contribution in [0, 0.1) is 0 Å². The van der Waals surface area contributed by atoms with Crippen LogP contribution in [0.1, 0.15) is 12.5 Å². The van der Waals surface area contributed by atoms with Crippen LogP contribution in [0.3, 0.4) is 0 Å². The normalized spacial score (nSPS) is 10.2. The maximum Gasteiger partial charge on any atom is 0.412 e. The van der Waals surface area contributed by atoms with E-state index >= 15 is 0 Å². The summed E-state index contributed by atoms with van der Waals surface area (Å²) in [7, 11) is 0. The van der Waals surface area contributed by atoms with Gasteiger partial charge in [0.1, 0.15) is 5.82 Å². The predicted octanol–water partition coefficient (Wildman–Crippen LogP) is 4.99. The number of rotatable bonds is 6. The van der Waals surface area contributed by atoms with Gasteiger partial charge in [-0.1, -0.05) is 48.5 Å². The van der Waals surface area contributed by atoms with Crippen LogP contribution in [0.2, 0.25) is 0 Å². The number of benzene rings is 2. The van der Waals surface area contributed by atoms with Gasteiger partial charge in [-0.25, -0.2) is 9.78 Å². The number of aromatic nitrogens is 1. The minimum Gasteiger partial charge on any atom is -0.450 e. The van der Waals surface area contributed by atoms with Crippen molar-refractivity contribution in [3.05, 3.63) is 84.6 Å². The molecule has 0 fully saturated rings. The number of carbonyl (C=O) groups is 1. The Bertz CT molecular complexity index is 821. The van der Waals surface area contributed by atoms with Gasteiger partial charge in [-0.15, -0.1) is 0 Å². The fourth-order valence-electron chi connectivity index (χ4n) is 2.60. The Morgan fingerprint density at radius 3 is 2.27 bits per heavy atom. The topological polar surface area (TPSA) is 54.5 Å². The summed E-state index contributed by atoms with van der Waals surface area (Å²) in [6.45, 7) is 2.80. The molecule has 0 atom stereocenters. The van der Waals surface area contributed by atoms with Crippen molar-refractivity contribution in [2.45, 2.75) is 13.5 Å². The van der Waals surface area contributed by atoms with Crippen LogP contribution in [-0.2, 0) is 11.3 Å². The lowest BCUT2D eigenvalue weighted by Crippen LogP contribution is -2.17. The number of para-hydroxylation sites is 1. The molecule has 5 heteroatoms. The van der Waals surface area contributed by atoms with E-state index in [4.69, 9.17) is 4.74 Å². The molecule has 0 spiro atoms. The van der Waals surface area contributed by atoms with Gasteiger partial charge < -0.3 is 9.64 Å². The molecule has 0 radical (unpaired) electrons. The Kier molecular flexibility index (Phi) is 5.83. The summed E-state index contributed by atoms with van der Waals surface area (Å²) in [6.07, 6.45) is 1.24. The maximum atomic E-state index is 11.5. The van der Waals surface area contributed by atoms with Crippen molar-refractivity contribution in [1.29, 1.82) is 0 Å². The van der Waals surface area contributed by atoms with E-state index in [1.807, 2.05) is 42.5 Å². The number of hydrogen-bond acceptors (Lipinski definition) is 4. The van der Waals surface area contributed by atoms with Crippen molar-refractivity contribution in [2.75, 3.05) is 16.8 Å². The van der Waals surface area contributed by atoms with Crippen LogP contribution in [0.25, 0.3) is 0 Å². The monoisotopic (exact) mass is 347 g/mol. The zero-order valence-corrected chi connectivity index (χ0v) is 14.6. The van der Waals surface area contributed by atoms with Gasteiger partial charge in [-0.3, -0.25) is 5.32 Å². The third kappa shape index (κ3) is 4.60. The number of ether oxygens (including phenoxy) is 1. The molecule has 0 unspecified atom stereocenters. The summed E-state index contributed by atoms with van der Waals surface area (Å²) in [5.41, 5.74) is 3.21. The molecular formula is C21H21N3O2. The molecule has 3 aromatic rings. The Hall–Kier alpha value is -3.34. The number of hydrogen-bond donors (Lipinski definition) is 1. The van der Waals surface area contributed by atoms with Gasteiger partial charge in [0.15, 0.2) is 0 Å². The molecule has 0 aliphatic carbocycles. The Balaban J connectivity index is 1.83. The second kappa shape index (κ2) is 8.67. The minimum atomic E-state index is -0.503. The van der Waals surface area contributed by atoms with Gasteiger partial charge in [-0.05, 0) is 36.8 Å². The highest BCUT2D eigenvalue weighted by atomic mass is 16.5. The molecule has 0 aliphatic rings. The van der Waals surface area contributed by atoms with E-state index in [0.29, 0.717) is 12.4 Å². The van der Waals surface area contributed by atoms with Crippen molar-refractivity contribution in [3.63, 3.8) is 0 Å². The van der Waals surface area contributed by atoms with Crippen LogP contribution in [-0.4, -0.2) is 17.7 Å². The van der Waals surface area contributed by atoms with E-state index in [-0.39, 0.29) is 0 Å². The molecule has 0 saturated carbocycles. The fourth-order valence-corrected chi connectivity index (χ4v) is 2.60. The highest BCUT2D eigenvalue weighted by Gasteiger charge is 2.11. The van der Waals surface area contributed by atoms with Crippen LogP contribution in [0.5, 0.6) is 0 Å². The molecule has 1 heterocycles. The van der Waals surface area contributed by atoms with E-state index in [1.54, 1.807) is 19.2 Å². The fraction of sp³-hybridized carbons (Fsp3) is 0.143. The smallest absolute Gasteiger partial charge is 0.412 e. The third-order valence-corrected chi connectivity index (χ3v) is 3.82. The van der Waals surface area contributed by atoms with Gasteiger partial charge in [-0.2, -0.15) is 0 Å². The second-order valence-electron chi connectivity index (χ2n) is 5.65. The van der Waals surface area contributed by atoms with Crippen molar-refractivity contribution < 1.29 is 9.53 Å². The number of nitrogens with one attached hydrogen (secondary N) is 1. The van der Waals surface area contributed by atoms with E-state index in [1.165, 1.54) is 5.56 Å². The van der Waals surface area contributed by atoms with Crippen molar-refractivity contribution in [3.8, 4) is 0 Å². The first-order chi connectivity index (χ1) is 12.8. The molecule has 1 amide bonds. The van der Waals surface area contributed by atoms with Crippen LogP contribution >= 0.6 is 0 Å². The van der Waals surface area contributed by atoms with E-state index < -0.39 is 6.09 Å². The van der Waals surface area contributed by atoms with Crippen LogP contribution < -0.4 is 10.2 Å². The lowest BCUT2D eigenvalue weighted by Gasteiger charge is -2.25. The summed E-state index contributed by atoms with van der Waals surface area (Å²) in [6, 6.07) is 24.1. The Morgan fingerprint density at radius 1 is 0.962 bits per heavy atom. The van der Waals surface area contributed by atoms with Crippen LogP contribution in [0.4, 0.5) is 22.0 Å². The zero-order chi connectivity index (χ0) is 18.2. The lowest BCUT2D eigenvalue weighted by molar-refractivity contribution is 0.168. The average molecular weight is 347 g/mol. The molecule has 1 aromatic heterocycles. The SMILES string of the molecule is CCOC(=O)Nc1ccc(N(Cc2ccccc2)c2ccccc2)cn1. The lowest BCUT2D eigenvalue weighted by atomic mass is 10.2. The number of anilines is 3. The number of pyridine rings is 1. The molecule has 0 saturated heterocycles. The maximum absolute atomic E-state index is 11.5. The molecule has 26 heavy (non-hydrogen) atoms. The number of nitrogens with zero attached hydrogens (tertiary/aromatic N) is 2. The molecule has 1 N–H and O–H groups in total. The van der Waals surface area contributed by atoms with Crippen LogP contribution in [0.15, 0.2) is 79.0 Å². The Labute approximate surface area is 153 Å². The molecule has 5 nitrogen and oxygen atoms in total. The first kappa shape index (κ1) is 17.5. The summed E-state index contributed by atoms with van der Waals surface area (Å²) < 4.78 is 4.87. The number of carbonyl (C=O) groups excluding carboxylic acids is 1. The second-order valence-corrected chi connectivity index (χ2v) is 5.65. The molecule has 0 bridgehead atoms. The summed E-state index contributed by atoms with van der Waals surface area (Å²) >= 11 is 0. The van der Waals surface area contributed by atoms with Gasteiger partial charge in [0.2, 0.25) is 0 Å². The predicted molar refractivity (Wildman–Crippen MR) is 104 cm³/mol.